The molecule has 1 aliphatic rings. The van der Waals surface area contributed by atoms with Crippen LogP contribution in [0.15, 0.2) is 42.6 Å². The molecule has 8 heteroatoms. The summed E-state index contributed by atoms with van der Waals surface area (Å²) in [5.41, 5.74) is 2.64. The Bertz CT molecular complexity index is 952. The van der Waals surface area contributed by atoms with Gasteiger partial charge in [-0.15, -0.1) is 0 Å². The molecule has 2 aromatic heterocycles. The third-order valence-corrected chi connectivity index (χ3v) is 4.35. The molecule has 1 aromatic carbocycles. The van der Waals surface area contributed by atoms with E-state index in [4.69, 9.17) is 0 Å². The highest BCUT2D eigenvalue weighted by atomic mass is 16.1. The minimum Gasteiger partial charge on any atom is -0.369 e. The van der Waals surface area contributed by atoms with E-state index in [1.807, 2.05) is 18.2 Å². The number of amides is 1. The fraction of sp³-hybridized carbons (Fsp3) is 0.263. The molecular weight excluding hydrogens is 342 g/mol. The summed E-state index contributed by atoms with van der Waals surface area (Å²) in [7, 11) is 0. The van der Waals surface area contributed by atoms with Crippen molar-refractivity contribution in [1.29, 1.82) is 0 Å². The fourth-order valence-corrected chi connectivity index (χ4v) is 3.03. The van der Waals surface area contributed by atoms with Gasteiger partial charge >= 0.3 is 0 Å². The lowest BCUT2D eigenvalue weighted by atomic mass is 10.2. The second-order valence-corrected chi connectivity index (χ2v) is 6.39. The number of carbonyl (C=O) groups excluding carboxylic acids is 1. The Kier molecular flexibility index (Phi) is 4.80. The predicted octanol–water partition coefficient (Wildman–Crippen LogP) is 2.14. The van der Waals surface area contributed by atoms with E-state index in [0.29, 0.717) is 17.4 Å². The van der Waals surface area contributed by atoms with Gasteiger partial charge in [0.15, 0.2) is 5.65 Å². The molecule has 0 unspecified atom stereocenters. The maximum absolute atomic E-state index is 11.2. The number of benzene rings is 1. The molecule has 3 aromatic rings. The predicted molar refractivity (Wildman–Crippen MR) is 106 cm³/mol. The number of pyridine rings is 1. The molecule has 1 fully saturated rings. The van der Waals surface area contributed by atoms with Crippen molar-refractivity contribution in [3.63, 3.8) is 0 Å². The van der Waals surface area contributed by atoms with E-state index >= 15 is 0 Å². The summed E-state index contributed by atoms with van der Waals surface area (Å²) in [6, 6.07) is 11.8. The number of fused-ring (bicyclic) bond motifs is 1. The van der Waals surface area contributed by atoms with E-state index in [1.165, 1.54) is 12.6 Å². The average molecular weight is 363 g/mol. The summed E-state index contributed by atoms with van der Waals surface area (Å²) < 4.78 is 0. The van der Waals surface area contributed by atoms with Crippen molar-refractivity contribution in [1.82, 2.24) is 20.3 Å². The van der Waals surface area contributed by atoms with Crippen molar-refractivity contribution >= 4 is 40.1 Å². The molecule has 0 bridgehead atoms. The summed E-state index contributed by atoms with van der Waals surface area (Å²) in [4.78, 5) is 26.7. The molecule has 3 N–H and O–H groups in total. The Morgan fingerprint density at radius 3 is 2.59 bits per heavy atom. The van der Waals surface area contributed by atoms with Crippen LogP contribution in [0.2, 0.25) is 0 Å². The van der Waals surface area contributed by atoms with Crippen molar-refractivity contribution < 1.29 is 4.79 Å². The van der Waals surface area contributed by atoms with Crippen LogP contribution in [-0.4, -0.2) is 47.0 Å². The van der Waals surface area contributed by atoms with Gasteiger partial charge in [0, 0.05) is 56.1 Å². The molecule has 27 heavy (non-hydrogen) atoms. The Morgan fingerprint density at radius 1 is 1.07 bits per heavy atom. The lowest BCUT2D eigenvalue weighted by Crippen LogP contribution is -2.43. The largest absolute Gasteiger partial charge is 0.369 e. The van der Waals surface area contributed by atoms with Crippen molar-refractivity contribution in [3.05, 3.63) is 42.6 Å². The highest BCUT2D eigenvalue weighted by Gasteiger charge is 2.10. The standard InChI is InChI=1S/C19H21N7O/c1-13(27)22-17-7-2-14-12-21-19(25-18(14)24-17)23-15-3-5-16(6-4-15)26-10-8-20-9-11-26/h2-7,12,20H,8-11H2,1H3,(H2,21,22,23,24,25,27). The number of anilines is 4. The zero-order valence-electron chi connectivity index (χ0n) is 15.1. The first-order chi connectivity index (χ1) is 13.2. The van der Waals surface area contributed by atoms with Gasteiger partial charge in [-0.25, -0.2) is 9.97 Å². The topological polar surface area (TPSA) is 95.1 Å². The Morgan fingerprint density at radius 2 is 1.85 bits per heavy atom. The van der Waals surface area contributed by atoms with Crippen molar-refractivity contribution in [2.24, 2.45) is 0 Å². The molecule has 138 valence electrons. The van der Waals surface area contributed by atoms with E-state index in [9.17, 15) is 4.79 Å². The van der Waals surface area contributed by atoms with E-state index in [-0.39, 0.29) is 5.91 Å². The minimum atomic E-state index is -0.168. The maximum Gasteiger partial charge on any atom is 0.229 e. The van der Waals surface area contributed by atoms with Crippen molar-refractivity contribution in [3.8, 4) is 0 Å². The molecule has 4 rings (SSSR count). The zero-order valence-corrected chi connectivity index (χ0v) is 15.1. The average Bonchev–Trinajstić information content (AvgIpc) is 2.68. The van der Waals surface area contributed by atoms with Gasteiger partial charge in [0.25, 0.3) is 0 Å². The summed E-state index contributed by atoms with van der Waals surface area (Å²) in [6.45, 7) is 5.51. The molecule has 0 radical (unpaired) electrons. The highest BCUT2D eigenvalue weighted by molar-refractivity contribution is 5.89. The first kappa shape index (κ1) is 17.2. The number of carbonyl (C=O) groups is 1. The van der Waals surface area contributed by atoms with E-state index in [0.717, 1.165) is 37.3 Å². The SMILES string of the molecule is CC(=O)Nc1ccc2cnc(Nc3ccc(N4CCNCC4)cc3)nc2n1. The number of rotatable bonds is 4. The molecule has 0 saturated carbocycles. The lowest BCUT2D eigenvalue weighted by Gasteiger charge is -2.29. The minimum absolute atomic E-state index is 0.168. The second-order valence-electron chi connectivity index (χ2n) is 6.39. The smallest absolute Gasteiger partial charge is 0.229 e. The van der Waals surface area contributed by atoms with Gasteiger partial charge in [-0.05, 0) is 36.4 Å². The molecule has 3 heterocycles. The molecule has 0 spiro atoms. The number of piperazine rings is 1. The van der Waals surface area contributed by atoms with E-state index in [1.54, 1.807) is 12.3 Å². The molecule has 1 saturated heterocycles. The highest BCUT2D eigenvalue weighted by Crippen LogP contribution is 2.21. The maximum atomic E-state index is 11.2. The normalized spacial score (nSPS) is 14.2. The molecule has 0 aliphatic carbocycles. The first-order valence-corrected chi connectivity index (χ1v) is 8.91. The molecule has 1 amide bonds. The Labute approximate surface area is 157 Å². The van der Waals surface area contributed by atoms with Crippen LogP contribution in [0.1, 0.15) is 6.92 Å². The number of hydrogen-bond donors (Lipinski definition) is 3. The molecule has 8 nitrogen and oxygen atoms in total. The van der Waals surface area contributed by atoms with Gasteiger partial charge in [-0.1, -0.05) is 0 Å². The van der Waals surface area contributed by atoms with Crippen LogP contribution in [0.3, 0.4) is 0 Å². The van der Waals surface area contributed by atoms with Crippen LogP contribution in [0, 0.1) is 0 Å². The van der Waals surface area contributed by atoms with Crippen LogP contribution in [0.5, 0.6) is 0 Å². The number of hydrogen-bond acceptors (Lipinski definition) is 7. The summed E-state index contributed by atoms with van der Waals surface area (Å²) in [6.07, 6.45) is 1.71. The van der Waals surface area contributed by atoms with Crippen LogP contribution in [0.25, 0.3) is 11.0 Å². The van der Waals surface area contributed by atoms with Gasteiger partial charge in [0.1, 0.15) is 5.82 Å². The number of aromatic nitrogens is 3. The third-order valence-electron chi connectivity index (χ3n) is 4.35. The summed E-state index contributed by atoms with van der Waals surface area (Å²) in [5.74, 6) is 0.767. The van der Waals surface area contributed by atoms with Crippen LogP contribution in [-0.2, 0) is 4.79 Å². The van der Waals surface area contributed by atoms with Gasteiger partial charge in [-0.2, -0.15) is 4.98 Å². The van der Waals surface area contributed by atoms with Crippen molar-refractivity contribution in [2.75, 3.05) is 41.7 Å². The molecular formula is C19H21N7O. The van der Waals surface area contributed by atoms with Crippen molar-refractivity contribution in [2.45, 2.75) is 6.92 Å². The molecule has 0 atom stereocenters. The lowest BCUT2D eigenvalue weighted by molar-refractivity contribution is -0.114. The summed E-state index contributed by atoms with van der Waals surface area (Å²) in [5, 5.41) is 10.0. The van der Waals surface area contributed by atoms with Gasteiger partial charge in [0.2, 0.25) is 11.9 Å². The third kappa shape index (κ3) is 4.12. The van der Waals surface area contributed by atoms with Crippen LogP contribution in [0.4, 0.5) is 23.1 Å². The van der Waals surface area contributed by atoms with Gasteiger partial charge in [-0.3, -0.25) is 4.79 Å². The van der Waals surface area contributed by atoms with Gasteiger partial charge in [0.05, 0.1) is 0 Å². The monoisotopic (exact) mass is 363 g/mol. The number of nitrogens with zero attached hydrogens (tertiary/aromatic N) is 4. The Hall–Kier alpha value is -3.26. The fourth-order valence-electron chi connectivity index (χ4n) is 3.03. The summed E-state index contributed by atoms with van der Waals surface area (Å²) >= 11 is 0. The van der Waals surface area contributed by atoms with Gasteiger partial charge < -0.3 is 20.9 Å². The second kappa shape index (κ2) is 7.55. The number of nitrogens with one attached hydrogen (secondary N) is 3. The van der Waals surface area contributed by atoms with Crippen LogP contribution < -0.4 is 20.9 Å². The zero-order chi connectivity index (χ0) is 18.6. The van der Waals surface area contributed by atoms with E-state index in [2.05, 4.69) is 47.9 Å². The van der Waals surface area contributed by atoms with Crippen LogP contribution >= 0.6 is 0 Å². The first-order valence-electron chi connectivity index (χ1n) is 8.91. The quantitative estimate of drug-likeness (QED) is 0.654. The van der Waals surface area contributed by atoms with E-state index < -0.39 is 0 Å². The Balaban J connectivity index is 1.51. The molecule has 1 aliphatic heterocycles.